The maximum absolute atomic E-state index is 13.0. The van der Waals surface area contributed by atoms with Crippen molar-refractivity contribution in [3.05, 3.63) is 65.5 Å². The Bertz CT molecular complexity index is 804. The van der Waals surface area contributed by atoms with Crippen LogP contribution in [0.2, 0.25) is 0 Å². The maximum atomic E-state index is 13.0. The van der Waals surface area contributed by atoms with Crippen LogP contribution in [0.25, 0.3) is 0 Å². The Kier molecular flexibility index (Phi) is 4.98. The number of aliphatic hydroxyl groups is 1. The van der Waals surface area contributed by atoms with Gasteiger partial charge in [0.1, 0.15) is 11.3 Å². The summed E-state index contributed by atoms with van der Waals surface area (Å²) in [6.45, 7) is 4.91. The van der Waals surface area contributed by atoms with Gasteiger partial charge in [0.2, 0.25) is 0 Å². The monoisotopic (exact) mass is 365 g/mol. The largest absolute Gasteiger partial charge is 0.383 e. The number of pyridine rings is 1. The fourth-order valence-corrected chi connectivity index (χ4v) is 4.47. The van der Waals surface area contributed by atoms with Gasteiger partial charge < -0.3 is 10.0 Å². The van der Waals surface area contributed by atoms with E-state index in [0.717, 1.165) is 37.2 Å². The molecule has 4 rings (SSSR count). The SMILES string of the molecule is Cc1cccc(C(=O)N2CC[C@](O)(c3ccccc3)[C@H](N3CCCC3)C2)n1. The van der Waals surface area contributed by atoms with E-state index in [0.29, 0.717) is 25.2 Å². The van der Waals surface area contributed by atoms with E-state index in [9.17, 15) is 9.90 Å². The Morgan fingerprint density at radius 1 is 1.07 bits per heavy atom. The zero-order chi connectivity index (χ0) is 18.9. The second-order valence-electron chi connectivity index (χ2n) is 7.71. The number of amides is 1. The average Bonchev–Trinajstić information content (AvgIpc) is 3.23. The van der Waals surface area contributed by atoms with Gasteiger partial charge in [0.15, 0.2) is 0 Å². The third kappa shape index (κ3) is 3.49. The topological polar surface area (TPSA) is 56.7 Å². The fraction of sp³-hybridized carbons (Fsp3) is 0.455. The van der Waals surface area contributed by atoms with Gasteiger partial charge in [-0.15, -0.1) is 0 Å². The molecule has 5 nitrogen and oxygen atoms in total. The third-order valence-electron chi connectivity index (χ3n) is 5.96. The molecular weight excluding hydrogens is 338 g/mol. The molecule has 5 heteroatoms. The summed E-state index contributed by atoms with van der Waals surface area (Å²) < 4.78 is 0. The molecule has 0 radical (unpaired) electrons. The van der Waals surface area contributed by atoms with Gasteiger partial charge >= 0.3 is 0 Å². The molecule has 2 aromatic rings. The molecule has 0 saturated carbocycles. The van der Waals surface area contributed by atoms with Gasteiger partial charge in [-0.05, 0) is 57.0 Å². The zero-order valence-corrected chi connectivity index (χ0v) is 15.8. The highest BCUT2D eigenvalue weighted by Crippen LogP contribution is 2.37. The fourth-order valence-electron chi connectivity index (χ4n) is 4.47. The summed E-state index contributed by atoms with van der Waals surface area (Å²) in [5.41, 5.74) is 1.35. The number of carbonyl (C=O) groups is 1. The summed E-state index contributed by atoms with van der Waals surface area (Å²) in [7, 11) is 0. The standard InChI is InChI=1S/C22H27N3O2/c1-17-8-7-11-19(23-17)21(26)25-15-12-22(27,18-9-3-2-4-10-18)20(16-25)24-13-5-6-14-24/h2-4,7-11,20,27H,5-6,12-16H2,1H3/t20-,22+/m1/s1. The lowest BCUT2D eigenvalue weighted by molar-refractivity contribution is -0.0878. The van der Waals surface area contributed by atoms with Crippen molar-refractivity contribution in [3.8, 4) is 0 Å². The Balaban J connectivity index is 1.62. The van der Waals surface area contributed by atoms with E-state index >= 15 is 0 Å². The van der Waals surface area contributed by atoms with Crippen molar-refractivity contribution < 1.29 is 9.90 Å². The van der Waals surface area contributed by atoms with Crippen molar-refractivity contribution in [3.63, 3.8) is 0 Å². The van der Waals surface area contributed by atoms with Crippen molar-refractivity contribution in [2.45, 2.75) is 37.8 Å². The van der Waals surface area contributed by atoms with E-state index in [1.54, 1.807) is 6.07 Å². The molecule has 27 heavy (non-hydrogen) atoms. The van der Waals surface area contributed by atoms with E-state index in [2.05, 4.69) is 9.88 Å². The molecule has 2 saturated heterocycles. The molecule has 142 valence electrons. The van der Waals surface area contributed by atoms with Crippen LogP contribution in [0, 0.1) is 6.92 Å². The molecule has 0 unspecified atom stereocenters. The highest BCUT2D eigenvalue weighted by molar-refractivity contribution is 5.92. The first-order valence-electron chi connectivity index (χ1n) is 9.83. The van der Waals surface area contributed by atoms with Gasteiger partial charge in [-0.2, -0.15) is 0 Å². The van der Waals surface area contributed by atoms with E-state index in [-0.39, 0.29) is 11.9 Å². The van der Waals surface area contributed by atoms with Crippen molar-refractivity contribution in [2.75, 3.05) is 26.2 Å². The number of carbonyl (C=O) groups excluding carboxylic acids is 1. The molecule has 1 aromatic carbocycles. The van der Waals surface area contributed by atoms with Crippen LogP contribution in [0.1, 0.15) is 41.0 Å². The molecule has 2 aliphatic heterocycles. The van der Waals surface area contributed by atoms with Crippen LogP contribution < -0.4 is 0 Å². The number of rotatable bonds is 3. The summed E-state index contributed by atoms with van der Waals surface area (Å²) in [4.78, 5) is 21.6. The van der Waals surface area contributed by atoms with E-state index < -0.39 is 5.60 Å². The van der Waals surface area contributed by atoms with Crippen LogP contribution in [0.4, 0.5) is 0 Å². The number of nitrogens with zero attached hydrogens (tertiary/aromatic N) is 3. The van der Waals surface area contributed by atoms with Crippen LogP contribution in [-0.2, 0) is 5.60 Å². The second-order valence-corrected chi connectivity index (χ2v) is 7.71. The number of likely N-dealkylation sites (tertiary alicyclic amines) is 2. The summed E-state index contributed by atoms with van der Waals surface area (Å²) in [6, 6.07) is 15.4. The van der Waals surface area contributed by atoms with Gasteiger partial charge in [0, 0.05) is 18.8 Å². The second kappa shape index (κ2) is 7.41. The molecule has 3 heterocycles. The van der Waals surface area contributed by atoms with Crippen LogP contribution in [-0.4, -0.2) is 58.0 Å². The van der Waals surface area contributed by atoms with Gasteiger partial charge in [-0.25, -0.2) is 4.98 Å². The molecule has 2 fully saturated rings. The van der Waals surface area contributed by atoms with Gasteiger partial charge in [-0.3, -0.25) is 9.69 Å². The van der Waals surface area contributed by atoms with Crippen molar-refractivity contribution in [1.82, 2.24) is 14.8 Å². The Morgan fingerprint density at radius 3 is 2.52 bits per heavy atom. The Hall–Kier alpha value is -2.24. The van der Waals surface area contributed by atoms with E-state index in [1.807, 2.05) is 54.3 Å². The minimum absolute atomic E-state index is 0.0435. The molecule has 2 aliphatic rings. The Morgan fingerprint density at radius 2 is 1.81 bits per heavy atom. The molecule has 1 amide bonds. The molecular formula is C22H27N3O2. The smallest absolute Gasteiger partial charge is 0.272 e. The number of benzene rings is 1. The Labute approximate surface area is 160 Å². The van der Waals surface area contributed by atoms with Crippen LogP contribution >= 0.6 is 0 Å². The molecule has 0 bridgehead atoms. The minimum atomic E-state index is -0.928. The van der Waals surface area contributed by atoms with E-state index in [1.165, 1.54) is 0 Å². The maximum Gasteiger partial charge on any atom is 0.272 e. The molecule has 0 aliphatic carbocycles. The highest BCUT2D eigenvalue weighted by atomic mass is 16.3. The van der Waals surface area contributed by atoms with Gasteiger partial charge in [0.05, 0.1) is 6.04 Å². The predicted molar refractivity (Wildman–Crippen MR) is 104 cm³/mol. The van der Waals surface area contributed by atoms with Crippen LogP contribution in [0.15, 0.2) is 48.5 Å². The summed E-state index contributed by atoms with van der Waals surface area (Å²) >= 11 is 0. The summed E-state index contributed by atoms with van der Waals surface area (Å²) in [6.07, 6.45) is 2.83. The first-order valence-corrected chi connectivity index (χ1v) is 9.83. The number of piperidine rings is 1. The number of aryl methyl sites for hydroxylation is 1. The van der Waals surface area contributed by atoms with Crippen LogP contribution in [0.5, 0.6) is 0 Å². The lowest BCUT2D eigenvalue weighted by Gasteiger charge is -2.48. The average molecular weight is 365 g/mol. The minimum Gasteiger partial charge on any atom is -0.383 e. The quantitative estimate of drug-likeness (QED) is 0.908. The lowest BCUT2D eigenvalue weighted by atomic mass is 9.79. The summed E-state index contributed by atoms with van der Waals surface area (Å²) in [5.74, 6) is -0.0435. The number of hydrogen-bond donors (Lipinski definition) is 1. The van der Waals surface area contributed by atoms with E-state index in [4.69, 9.17) is 0 Å². The number of aromatic nitrogens is 1. The number of hydrogen-bond acceptors (Lipinski definition) is 4. The lowest BCUT2D eigenvalue weighted by Crippen LogP contribution is -2.61. The highest BCUT2D eigenvalue weighted by Gasteiger charge is 2.47. The van der Waals surface area contributed by atoms with Crippen molar-refractivity contribution in [1.29, 1.82) is 0 Å². The van der Waals surface area contributed by atoms with Crippen LogP contribution in [0.3, 0.4) is 0 Å². The predicted octanol–water partition coefficient (Wildman–Crippen LogP) is 2.59. The summed E-state index contributed by atoms with van der Waals surface area (Å²) in [5, 5.41) is 11.7. The van der Waals surface area contributed by atoms with Crippen molar-refractivity contribution in [2.24, 2.45) is 0 Å². The molecule has 2 atom stereocenters. The first kappa shape index (κ1) is 18.1. The molecule has 0 spiro atoms. The normalized spacial score (nSPS) is 26.3. The van der Waals surface area contributed by atoms with Gasteiger partial charge in [-0.1, -0.05) is 36.4 Å². The van der Waals surface area contributed by atoms with Crippen molar-refractivity contribution >= 4 is 5.91 Å². The molecule has 1 aromatic heterocycles. The molecule has 1 N–H and O–H groups in total. The third-order valence-corrected chi connectivity index (χ3v) is 5.96. The first-order chi connectivity index (χ1) is 13.1. The van der Waals surface area contributed by atoms with Gasteiger partial charge in [0.25, 0.3) is 5.91 Å². The zero-order valence-electron chi connectivity index (χ0n) is 15.8.